The van der Waals surface area contributed by atoms with E-state index < -0.39 is 0 Å². The minimum absolute atomic E-state index is 0.0515. The van der Waals surface area contributed by atoms with Gasteiger partial charge < -0.3 is 23.7 Å². The van der Waals surface area contributed by atoms with Gasteiger partial charge in [0.2, 0.25) is 5.75 Å². The van der Waals surface area contributed by atoms with Gasteiger partial charge in [-0.05, 0) is 36.4 Å². The molecule has 9 heteroatoms. The Morgan fingerprint density at radius 2 is 1.45 bits per heavy atom. The molecule has 0 saturated heterocycles. The standard InChI is InChI=1S/C20H21N3O6/c1-25-14-8-6-12(7-9-14)19(24)23-18(21-20(22-23)29-5)13-10-15(26-2)17(28-4)16(11-13)27-3/h6-11H,1-5H3. The largest absolute Gasteiger partial charge is 0.497 e. The summed E-state index contributed by atoms with van der Waals surface area (Å²) in [5.74, 6) is 1.80. The molecular weight excluding hydrogens is 378 g/mol. The average molecular weight is 399 g/mol. The third kappa shape index (κ3) is 3.79. The molecule has 0 aliphatic carbocycles. The quantitative estimate of drug-likeness (QED) is 0.599. The van der Waals surface area contributed by atoms with Crippen LogP contribution in [0, 0.1) is 0 Å². The lowest BCUT2D eigenvalue weighted by Crippen LogP contribution is -2.15. The maximum atomic E-state index is 13.1. The van der Waals surface area contributed by atoms with Crippen molar-refractivity contribution in [2.75, 3.05) is 35.5 Å². The predicted molar refractivity (Wildman–Crippen MR) is 104 cm³/mol. The van der Waals surface area contributed by atoms with E-state index >= 15 is 0 Å². The number of aromatic nitrogens is 3. The van der Waals surface area contributed by atoms with Crippen molar-refractivity contribution in [2.24, 2.45) is 0 Å². The number of rotatable bonds is 7. The van der Waals surface area contributed by atoms with E-state index in [4.69, 9.17) is 23.7 Å². The number of methoxy groups -OCH3 is 5. The van der Waals surface area contributed by atoms with E-state index in [2.05, 4.69) is 10.1 Å². The Labute approximate surface area is 167 Å². The topological polar surface area (TPSA) is 93.9 Å². The third-order valence-corrected chi connectivity index (χ3v) is 4.22. The number of hydrogen-bond acceptors (Lipinski definition) is 8. The van der Waals surface area contributed by atoms with Crippen LogP contribution in [-0.2, 0) is 0 Å². The van der Waals surface area contributed by atoms with E-state index in [1.807, 2.05) is 0 Å². The van der Waals surface area contributed by atoms with Crippen LogP contribution in [0.4, 0.5) is 0 Å². The highest BCUT2D eigenvalue weighted by atomic mass is 16.5. The van der Waals surface area contributed by atoms with Crippen molar-refractivity contribution in [3.8, 4) is 40.4 Å². The van der Waals surface area contributed by atoms with Crippen LogP contribution in [0.25, 0.3) is 11.4 Å². The summed E-state index contributed by atoms with van der Waals surface area (Å²) in [6, 6.07) is 10.1. The summed E-state index contributed by atoms with van der Waals surface area (Å²) in [6.07, 6.45) is 0. The van der Waals surface area contributed by atoms with Crippen molar-refractivity contribution >= 4 is 5.91 Å². The highest BCUT2D eigenvalue weighted by molar-refractivity contribution is 5.97. The van der Waals surface area contributed by atoms with Gasteiger partial charge >= 0.3 is 6.01 Å². The van der Waals surface area contributed by atoms with E-state index in [1.165, 1.54) is 33.1 Å². The van der Waals surface area contributed by atoms with Crippen LogP contribution in [0.3, 0.4) is 0 Å². The first-order valence-corrected chi connectivity index (χ1v) is 8.56. The number of carbonyl (C=O) groups is 1. The lowest BCUT2D eigenvalue weighted by Gasteiger charge is -2.14. The average Bonchev–Trinajstić information content (AvgIpc) is 3.22. The van der Waals surface area contributed by atoms with Crippen molar-refractivity contribution in [2.45, 2.75) is 0 Å². The second kappa shape index (κ2) is 8.51. The molecular formula is C20H21N3O6. The van der Waals surface area contributed by atoms with Crippen molar-refractivity contribution < 1.29 is 28.5 Å². The number of benzene rings is 2. The van der Waals surface area contributed by atoms with Gasteiger partial charge in [0.1, 0.15) is 5.75 Å². The normalized spacial score (nSPS) is 10.4. The van der Waals surface area contributed by atoms with Crippen LogP contribution in [0.5, 0.6) is 29.0 Å². The summed E-state index contributed by atoms with van der Waals surface area (Å²) < 4.78 is 27.6. The zero-order valence-electron chi connectivity index (χ0n) is 16.8. The first kappa shape index (κ1) is 20.0. The van der Waals surface area contributed by atoms with Gasteiger partial charge in [-0.15, -0.1) is 5.10 Å². The zero-order valence-corrected chi connectivity index (χ0v) is 16.8. The summed E-state index contributed by atoms with van der Waals surface area (Å²) in [4.78, 5) is 17.4. The predicted octanol–water partition coefficient (Wildman–Crippen LogP) is 2.68. The molecule has 0 aliphatic rings. The van der Waals surface area contributed by atoms with E-state index in [-0.39, 0.29) is 17.7 Å². The van der Waals surface area contributed by atoms with Crippen LogP contribution >= 0.6 is 0 Å². The Kier molecular flexibility index (Phi) is 5.87. The fourth-order valence-corrected chi connectivity index (χ4v) is 2.77. The van der Waals surface area contributed by atoms with Crippen LogP contribution < -0.4 is 23.7 Å². The van der Waals surface area contributed by atoms with Crippen molar-refractivity contribution in [1.29, 1.82) is 0 Å². The Balaban J connectivity index is 2.13. The molecule has 1 aromatic heterocycles. The fraction of sp³-hybridized carbons (Fsp3) is 0.250. The molecule has 0 saturated carbocycles. The fourth-order valence-electron chi connectivity index (χ4n) is 2.77. The molecule has 0 bridgehead atoms. The van der Waals surface area contributed by atoms with Gasteiger partial charge in [0.15, 0.2) is 17.3 Å². The zero-order chi connectivity index (χ0) is 21.0. The molecule has 3 rings (SSSR count). The number of nitrogens with zero attached hydrogens (tertiary/aromatic N) is 3. The van der Waals surface area contributed by atoms with Crippen molar-refractivity contribution in [3.05, 3.63) is 42.0 Å². The van der Waals surface area contributed by atoms with E-state index in [0.29, 0.717) is 34.1 Å². The minimum Gasteiger partial charge on any atom is -0.497 e. The van der Waals surface area contributed by atoms with Gasteiger partial charge in [0.05, 0.1) is 35.5 Å². The molecule has 2 aromatic carbocycles. The van der Waals surface area contributed by atoms with Gasteiger partial charge in [-0.3, -0.25) is 4.79 Å². The number of ether oxygens (including phenoxy) is 5. The Bertz CT molecular complexity index is 989. The van der Waals surface area contributed by atoms with E-state index in [1.54, 1.807) is 43.5 Å². The van der Waals surface area contributed by atoms with Crippen LogP contribution in [0.2, 0.25) is 0 Å². The molecule has 3 aromatic rings. The SMILES string of the molecule is COc1ccc(C(=O)n2nc(OC)nc2-c2cc(OC)c(OC)c(OC)c2)cc1. The van der Waals surface area contributed by atoms with Gasteiger partial charge in [-0.2, -0.15) is 9.67 Å². The third-order valence-electron chi connectivity index (χ3n) is 4.22. The molecule has 0 radical (unpaired) electrons. The van der Waals surface area contributed by atoms with Gasteiger partial charge in [-0.1, -0.05) is 0 Å². The summed E-state index contributed by atoms with van der Waals surface area (Å²) in [7, 11) is 7.51. The summed E-state index contributed by atoms with van der Waals surface area (Å²) in [6.45, 7) is 0. The van der Waals surface area contributed by atoms with Crippen LogP contribution in [0.15, 0.2) is 36.4 Å². The first-order chi connectivity index (χ1) is 14.1. The lowest BCUT2D eigenvalue weighted by atomic mass is 10.1. The molecule has 0 atom stereocenters. The Hall–Kier alpha value is -3.75. The monoisotopic (exact) mass is 399 g/mol. The number of hydrogen-bond donors (Lipinski definition) is 0. The highest BCUT2D eigenvalue weighted by Gasteiger charge is 2.23. The second-order valence-electron chi connectivity index (χ2n) is 5.78. The summed E-state index contributed by atoms with van der Waals surface area (Å²) in [5.41, 5.74) is 0.948. The second-order valence-corrected chi connectivity index (χ2v) is 5.78. The van der Waals surface area contributed by atoms with E-state index in [0.717, 1.165) is 0 Å². The van der Waals surface area contributed by atoms with Crippen molar-refractivity contribution in [3.63, 3.8) is 0 Å². The number of carbonyl (C=O) groups excluding carboxylic acids is 1. The molecule has 29 heavy (non-hydrogen) atoms. The molecule has 0 spiro atoms. The molecule has 152 valence electrons. The molecule has 0 fully saturated rings. The Morgan fingerprint density at radius 1 is 0.828 bits per heavy atom. The molecule has 0 unspecified atom stereocenters. The molecule has 0 N–H and O–H groups in total. The minimum atomic E-state index is -0.382. The van der Waals surface area contributed by atoms with Gasteiger partial charge in [-0.25, -0.2) is 0 Å². The maximum Gasteiger partial charge on any atom is 0.336 e. The van der Waals surface area contributed by atoms with E-state index in [9.17, 15) is 4.79 Å². The van der Waals surface area contributed by atoms with Gasteiger partial charge in [0.25, 0.3) is 5.91 Å². The summed E-state index contributed by atoms with van der Waals surface area (Å²) in [5, 5.41) is 4.17. The molecule has 9 nitrogen and oxygen atoms in total. The lowest BCUT2D eigenvalue weighted by molar-refractivity contribution is 0.0945. The molecule has 1 heterocycles. The van der Waals surface area contributed by atoms with Crippen LogP contribution in [-0.4, -0.2) is 56.2 Å². The molecule has 0 amide bonds. The van der Waals surface area contributed by atoms with Gasteiger partial charge in [0, 0.05) is 11.1 Å². The van der Waals surface area contributed by atoms with Crippen molar-refractivity contribution in [1.82, 2.24) is 14.8 Å². The smallest absolute Gasteiger partial charge is 0.336 e. The maximum absolute atomic E-state index is 13.1. The van der Waals surface area contributed by atoms with Crippen LogP contribution in [0.1, 0.15) is 10.4 Å². The Morgan fingerprint density at radius 3 is 1.93 bits per heavy atom. The summed E-state index contributed by atoms with van der Waals surface area (Å²) >= 11 is 0. The highest BCUT2D eigenvalue weighted by Crippen LogP contribution is 2.41. The first-order valence-electron chi connectivity index (χ1n) is 8.56. The molecule has 0 aliphatic heterocycles.